The molecule has 0 unspecified atom stereocenters. The Kier molecular flexibility index (Phi) is 5.37. The lowest BCUT2D eigenvalue weighted by atomic mass is 10.0. The number of H-pyrrole nitrogens is 1. The van der Waals surface area contributed by atoms with Gasteiger partial charge in [0.05, 0.1) is 13.0 Å². The number of anilines is 1. The first-order valence-corrected chi connectivity index (χ1v) is 8.84. The van der Waals surface area contributed by atoms with E-state index in [1.807, 2.05) is 36.6 Å². The van der Waals surface area contributed by atoms with Gasteiger partial charge in [0.1, 0.15) is 10.6 Å². The van der Waals surface area contributed by atoms with Gasteiger partial charge < -0.3 is 10.1 Å². The molecule has 1 amide bonds. The molecule has 9 heteroatoms. The van der Waals surface area contributed by atoms with E-state index in [1.165, 1.54) is 11.3 Å². The molecule has 2 aromatic heterocycles. The third kappa shape index (κ3) is 3.94. The van der Waals surface area contributed by atoms with Gasteiger partial charge in [-0.3, -0.25) is 4.79 Å². The zero-order chi connectivity index (χ0) is 18.5. The topological polar surface area (TPSA) is 110 Å². The lowest BCUT2D eigenvalue weighted by Crippen LogP contribution is -2.17. The maximum atomic E-state index is 12.5. The molecule has 0 bridgehead atoms. The Morgan fingerprint density at radius 2 is 2.04 bits per heavy atom. The predicted molar refractivity (Wildman–Crippen MR) is 97.0 cm³/mol. The van der Waals surface area contributed by atoms with E-state index in [0.29, 0.717) is 10.6 Å². The van der Waals surface area contributed by atoms with Crippen LogP contribution in [0.4, 0.5) is 5.00 Å². The molecule has 0 aliphatic carbocycles. The molecule has 0 aliphatic heterocycles. The van der Waals surface area contributed by atoms with Crippen molar-refractivity contribution in [1.82, 2.24) is 20.6 Å². The van der Waals surface area contributed by atoms with Crippen molar-refractivity contribution in [2.75, 3.05) is 11.9 Å². The van der Waals surface area contributed by atoms with Crippen LogP contribution in [0.15, 0.2) is 29.6 Å². The van der Waals surface area contributed by atoms with Crippen LogP contribution in [0.5, 0.6) is 0 Å². The number of carbonyl (C=O) groups excluding carboxylic acids is 2. The summed E-state index contributed by atoms with van der Waals surface area (Å²) < 4.78 is 5.18. The summed E-state index contributed by atoms with van der Waals surface area (Å²) in [4.78, 5) is 24.7. The number of ether oxygens (including phenoxy) is 1. The first kappa shape index (κ1) is 17.7. The molecule has 0 aliphatic rings. The van der Waals surface area contributed by atoms with Crippen LogP contribution in [0, 0.1) is 6.92 Å². The smallest absolute Gasteiger partial charge is 0.341 e. The van der Waals surface area contributed by atoms with E-state index in [0.717, 1.165) is 16.7 Å². The second-order valence-corrected chi connectivity index (χ2v) is 6.37. The van der Waals surface area contributed by atoms with Crippen LogP contribution in [0.3, 0.4) is 0 Å². The van der Waals surface area contributed by atoms with Crippen LogP contribution in [0.1, 0.15) is 28.7 Å². The van der Waals surface area contributed by atoms with Gasteiger partial charge >= 0.3 is 5.97 Å². The fraction of sp³-hybridized carbons (Fsp3) is 0.235. The lowest BCUT2D eigenvalue weighted by Gasteiger charge is -2.08. The summed E-state index contributed by atoms with van der Waals surface area (Å²) >= 11 is 1.27. The number of benzene rings is 1. The fourth-order valence-electron chi connectivity index (χ4n) is 2.37. The predicted octanol–water partition coefficient (Wildman–Crippen LogP) is 2.59. The molecule has 8 nitrogen and oxygen atoms in total. The third-order valence-electron chi connectivity index (χ3n) is 3.59. The van der Waals surface area contributed by atoms with Crippen LogP contribution >= 0.6 is 11.3 Å². The number of aromatic amines is 1. The summed E-state index contributed by atoms with van der Waals surface area (Å²) in [6.45, 7) is 3.98. The maximum absolute atomic E-state index is 12.5. The van der Waals surface area contributed by atoms with Gasteiger partial charge in [0, 0.05) is 10.9 Å². The summed E-state index contributed by atoms with van der Waals surface area (Å²) in [6, 6.07) is 7.81. The molecular formula is C17H17N5O3S. The molecule has 26 heavy (non-hydrogen) atoms. The molecule has 0 saturated carbocycles. The molecule has 1 aromatic carbocycles. The minimum absolute atomic E-state index is 0.0451. The summed E-state index contributed by atoms with van der Waals surface area (Å²) in [7, 11) is 0. The van der Waals surface area contributed by atoms with E-state index in [9.17, 15) is 9.59 Å². The highest BCUT2D eigenvalue weighted by Crippen LogP contribution is 2.36. The van der Waals surface area contributed by atoms with Crippen molar-refractivity contribution in [2.45, 2.75) is 20.3 Å². The van der Waals surface area contributed by atoms with E-state index in [4.69, 9.17) is 4.74 Å². The number of nitrogens with one attached hydrogen (secondary N) is 2. The minimum Gasteiger partial charge on any atom is -0.462 e. The second-order valence-electron chi connectivity index (χ2n) is 5.49. The molecule has 0 spiro atoms. The average Bonchev–Trinajstić information content (AvgIpc) is 3.25. The SMILES string of the molecule is CCOC(=O)c1c(-c2ccc(C)cc2)csc1NC(=O)Cc1nn[nH]n1. The van der Waals surface area contributed by atoms with Gasteiger partial charge in [-0.1, -0.05) is 35.0 Å². The number of carbonyl (C=O) groups is 2. The monoisotopic (exact) mass is 371 g/mol. The van der Waals surface area contributed by atoms with Gasteiger partial charge in [-0.15, -0.1) is 21.5 Å². The van der Waals surface area contributed by atoms with Gasteiger partial charge in [-0.05, 0) is 19.4 Å². The van der Waals surface area contributed by atoms with Gasteiger partial charge in [-0.2, -0.15) is 5.21 Å². The Morgan fingerprint density at radius 3 is 2.69 bits per heavy atom. The van der Waals surface area contributed by atoms with Gasteiger partial charge in [0.2, 0.25) is 5.91 Å². The van der Waals surface area contributed by atoms with E-state index in [-0.39, 0.29) is 24.8 Å². The molecule has 3 aromatic rings. The average molecular weight is 371 g/mol. The normalized spacial score (nSPS) is 10.5. The molecule has 0 fully saturated rings. The number of aromatic nitrogens is 4. The van der Waals surface area contributed by atoms with E-state index in [1.54, 1.807) is 6.92 Å². The summed E-state index contributed by atoms with van der Waals surface area (Å²) in [6.07, 6.45) is -0.0451. The Balaban J connectivity index is 1.90. The largest absolute Gasteiger partial charge is 0.462 e. The van der Waals surface area contributed by atoms with Crippen LogP contribution in [0.25, 0.3) is 11.1 Å². The van der Waals surface area contributed by atoms with E-state index < -0.39 is 5.97 Å². The number of esters is 1. The molecule has 134 valence electrons. The molecule has 3 rings (SSSR count). The van der Waals surface area contributed by atoms with Crippen molar-refractivity contribution >= 4 is 28.2 Å². The van der Waals surface area contributed by atoms with Crippen molar-refractivity contribution in [1.29, 1.82) is 0 Å². The fourth-order valence-corrected chi connectivity index (χ4v) is 3.35. The Bertz CT molecular complexity index is 903. The maximum Gasteiger partial charge on any atom is 0.341 e. The van der Waals surface area contributed by atoms with Crippen molar-refractivity contribution in [3.63, 3.8) is 0 Å². The summed E-state index contributed by atoms with van der Waals surface area (Å²) in [5, 5.41) is 18.2. The minimum atomic E-state index is -0.473. The number of hydrogen-bond acceptors (Lipinski definition) is 7. The van der Waals surface area contributed by atoms with Gasteiger partial charge in [0.25, 0.3) is 0 Å². The first-order valence-electron chi connectivity index (χ1n) is 7.96. The number of aryl methyl sites for hydroxylation is 1. The number of rotatable bonds is 6. The summed E-state index contributed by atoms with van der Waals surface area (Å²) in [5.74, 6) is -0.538. The standard InChI is InChI=1S/C17H17N5O3S/c1-3-25-17(24)15-12(11-6-4-10(2)5-7-11)9-26-16(15)18-14(23)8-13-19-21-22-20-13/h4-7,9H,3,8H2,1-2H3,(H,18,23)(H,19,20,21,22). The molecule has 2 heterocycles. The first-order chi connectivity index (χ1) is 12.6. The lowest BCUT2D eigenvalue weighted by molar-refractivity contribution is -0.115. The number of hydrogen-bond donors (Lipinski definition) is 2. The summed E-state index contributed by atoms with van der Waals surface area (Å²) in [5.41, 5.74) is 3.08. The highest BCUT2D eigenvalue weighted by Gasteiger charge is 2.23. The Hall–Kier alpha value is -3.07. The van der Waals surface area contributed by atoms with Gasteiger partial charge in [0.15, 0.2) is 5.82 Å². The zero-order valence-corrected chi connectivity index (χ0v) is 15.1. The molecule has 0 saturated heterocycles. The Morgan fingerprint density at radius 1 is 1.27 bits per heavy atom. The van der Waals surface area contributed by atoms with Crippen molar-refractivity contribution in [3.05, 3.63) is 46.6 Å². The number of tetrazole rings is 1. The molecular weight excluding hydrogens is 354 g/mol. The van der Waals surface area contributed by atoms with Crippen molar-refractivity contribution in [2.24, 2.45) is 0 Å². The van der Waals surface area contributed by atoms with Gasteiger partial charge in [-0.25, -0.2) is 4.79 Å². The molecule has 2 N–H and O–H groups in total. The molecule has 0 atom stereocenters. The van der Waals surface area contributed by atoms with Crippen LogP contribution in [0.2, 0.25) is 0 Å². The van der Waals surface area contributed by atoms with E-state index >= 15 is 0 Å². The number of amides is 1. The number of nitrogens with zero attached hydrogens (tertiary/aromatic N) is 3. The quantitative estimate of drug-likeness (QED) is 0.645. The second kappa shape index (κ2) is 7.87. The zero-order valence-electron chi connectivity index (χ0n) is 14.3. The van der Waals surface area contributed by atoms with Crippen LogP contribution < -0.4 is 5.32 Å². The third-order valence-corrected chi connectivity index (χ3v) is 4.49. The highest BCUT2D eigenvalue weighted by molar-refractivity contribution is 7.15. The van der Waals surface area contributed by atoms with Crippen molar-refractivity contribution < 1.29 is 14.3 Å². The van der Waals surface area contributed by atoms with Crippen LogP contribution in [-0.4, -0.2) is 39.1 Å². The van der Waals surface area contributed by atoms with Crippen molar-refractivity contribution in [3.8, 4) is 11.1 Å². The number of thiophene rings is 1. The highest BCUT2D eigenvalue weighted by atomic mass is 32.1. The van der Waals surface area contributed by atoms with E-state index in [2.05, 4.69) is 25.9 Å². The van der Waals surface area contributed by atoms with Crippen LogP contribution in [-0.2, 0) is 16.0 Å². The molecule has 0 radical (unpaired) electrons. The Labute approximate surface area is 153 Å².